The lowest BCUT2D eigenvalue weighted by Crippen LogP contribution is -1.56. The van der Waals surface area contributed by atoms with Gasteiger partial charge < -0.3 is 0 Å². The van der Waals surface area contributed by atoms with Crippen molar-refractivity contribution in [2.75, 3.05) is 0 Å². The molecular weight excluding hydrogens is 84.1 g/mol. The summed E-state index contributed by atoms with van der Waals surface area (Å²) in [7, 11) is 0. The van der Waals surface area contributed by atoms with Crippen LogP contribution in [0.15, 0.2) is 23.8 Å². The molecule has 0 spiro atoms. The fourth-order valence-corrected chi connectivity index (χ4v) is 0.289. The maximum Gasteiger partial charge on any atom is -0.0439 e. The maximum absolute atomic E-state index is 2.08. The van der Waals surface area contributed by atoms with E-state index in [0.29, 0.717) is 0 Å². The molecule has 0 saturated heterocycles. The summed E-state index contributed by atoms with van der Waals surface area (Å²) in [5.74, 6) is 0. The number of rotatable bonds is 1. The van der Waals surface area contributed by atoms with Crippen LogP contribution < -0.4 is 0 Å². The minimum Gasteiger partial charge on any atom is -0.0877 e. The topological polar surface area (TPSA) is 0 Å². The standard InChI is InChI=1S/C7H12/c1-4-5-6-7(2)3/h4-6H,1-3H3. The van der Waals surface area contributed by atoms with Gasteiger partial charge in [0.05, 0.1) is 0 Å². The average Bonchev–Trinajstić information content (AvgIpc) is 1.61. The summed E-state index contributed by atoms with van der Waals surface area (Å²) in [6, 6.07) is 0. The molecule has 0 aliphatic heterocycles. The molecule has 0 heterocycles. The lowest BCUT2D eigenvalue weighted by Gasteiger charge is -1.77. The first-order valence-corrected chi connectivity index (χ1v) is 2.53. The van der Waals surface area contributed by atoms with E-state index in [2.05, 4.69) is 19.9 Å². The molecular formula is C7H12. The Morgan fingerprint density at radius 3 is 2.00 bits per heavy atom. The molecule has 0 fully saturated rings. The quantitative estimate of drug-likeness (QED) is 0.440. The van der Waals surface area contributed by atoms with E-state index in [4.69, 9.17) is 0 Å². The fourth-order valence-electron chi connectivity index (χ4n) is 0.289. The van der Waals surface area contributed by atoms with Gasteiger partial charge in [0.1, 0.15) is 0 Å². The smallest absolute Gasteiger partial charge is 0.0439 e. The minimum atomic E-state index is 1.35. The van der Waals surface area contributed by atoms with Crippen molar-refractivity contribution in [3.8, 4) is 0 Å². The Hall–Kier alpha value is -0.520. The molecule has 0 amide bonds. The lowest BCUT2D eigenvalue weighted by molar-refractivity contribution is 1.39. The summed E-state index contributed by atoms with van der Waals surface area (Å²) < 4.78 is 0. The van der Waals surface area contributed by atoms with E-state index in [1.165, 1.54) is 5.57 Å². The zero-order chi connectivity index (χ0) is 5.70. The molecule has 0 rings (SSSR count). The summed E-state index contributed by atoms with van der Waals surface area (Å²) in [6.45, 7) is 6.18. The second kappa shape index (κ2) is 3.66. The first kappa shape index (κ1) is 6.48. The summed E-state index contributed by atoms with van der Waals surface area (Å²) in [5, 5.41) is 0. The van der Waals surface area contributed by atoms with E-state index in [1.807, 2.05) is 19.1 Å². The highest BCUT2D eigenvalue weighted by molar-refractivity contribution is 5.06. The van der Waals surface area contributed by atoms with Gasteiger partial charge in [-0.05, 0) is 20.8 Å². The van der Waals surface area contributed by atoms with Crippen molar-refractivity contribution in [3.05, 3.63) is 23.8 Å². The molecule has 0 nitrogen and oxygen atoms in total. The van der Waals surface area contributed by atoms with Gasteiger partial charge in [-0.3, -0.25) is 0 Å². The summed E-state index contributed by atoms with van der Waals surface area (Å²) in [6.07, 6.45) is 6.14. The van der Waals surface area contributed by atoms with Crippen LogP contribution in [-0.4, -0.2) is 0 Å². The van der Waals surface area contributed by atoms with E-state index in [-0.39, 0.29) is 0 Å². The highest BCUT2D eigenvalue weighted by Crippen LogP contribution is 1.87. The van der Waals surface area contributed by atoms with E-state index < -0.39 is 0 Å². The molecule has 0 unspecified atom stereocenters. The Labute approximate surface area is 45.5 Å². The first-order chi connectivity index (χ1) is 3.27. The van der Waals surface area contributed by atoms with E-state index in [9.17, 15) is 0 Å². The Morgan fingerprint density at radius 1 is 1.29 bits per heavy atom. The summed E-state index contributed by atoms with van der Waals surface area (Å²) in [4.78, 5) is 0. The van der Waals surface area contributed by atoms with E-state index >= 15 is 0 Å². The normalized spacial score (nSPS) is 9.57. The van der Waals surface area contributed by atoms with Crippen LogP contribution in [0.4, 0.5) is 0 Å². The van der Waals surface area contributed by atoms with Crippen molar-refractivity contribution < 1.29 is 0 Å². The minimum absolute atomic E-state index is 1.35. The van der Waals surface area contributed by atoms with Crippen molar-refractivity contribution in [2.24, 2.45) is 0 Å². The van der Waals surface area contributed by atoms with Gasteiger partial charge in [-0.1, -0.05) is 23.8 Å². The lowest BCUT2D eigenvalue weighted by atomic mass is 10.3. The van der Waals surface area contributed by atoms with Crippen molar-refractivity contribution >= 4 is 0 Å². The third kappa shape index (κ3) is 5.48. The van der Waals surface area contributed by atoms with E-state index in [1.54, 1.807) is 0 Å². The van der Waals surface area contributed by atoms with Gasteiger partial charge in [0.15, 0.2) is 0 Å². The van der Waals surface area contributed by atoms with Gasteiger partial charge in [-0.2, -0.15) is 0 Å². The third-order valence-electron chi connectivity index (χ3n) is 0.622. The fraction of sp³-hybridized carbons (Fsp3) is 0.429. The maximum atomic E-state index is 2.08. The molecule has 7 heavy (non-hydrogen) atoms. The molecule has 0 radical (unpaired) electrons. The molecule has 0 aliphatic rings. The van der Waals surface area contributed by atoms with Crippen LogP contribution in [0.3, 0.4) is 0 Å². The number of hydrogen-bond acceptors (Lipinski definition) is 0. The van der Waals surface area contributed by atoms with Crippen molar-refractivity contribution in [3.63, 3.8) is 0 Å². The predicted molar refractivity (Wildman–Crippen MR) is 34.2 cm³/mol. The van der Waals surface area contributed by atoms with Crippen LogP contribution in [0.1, 0.15) is 20.8 Å². The molecule has 40 valence electrons. The Balaban J connectivity index is 3.46. The molecule has 0 heteroatoms. The SMILES string of the molecule is CC=CC=C(C)C. The van der Waals surface area contributed by atoms with Crippen molar-refractivity contribution in [2.45, 2.75) is 20.8 Å². The molecule has 0 aromatic rings. The zero-order valence-corrected chi connectivity index (χ0v) is 5.23. The predicted octanol–water partition coefficient (Wildman–Crippen LogP) is 2.53. The van der Waals surface area contributed by atoms with E-state index in [0.717, 1.165) is 0 Å². The van der Waals surface area contributed by atoms with Crippen LogP contribution >= 0.6 is 0 Å². The largest absolute Gasteiger partial charge is 0.0877 e. The van der Waals surface area contributed by atoms with Gasteiger partial charge in [-0.15, -0.1) is 0 Å². The third-order valence-corrected chi connectivity index (χ3v) is 0.622. The van der Waals surface area contributed by atoms with Gasteiger partial charge in [0, 0.05) is 0 Å². The van der Waals surface area contributed by atoms with Gasteiger partial charge in [0.25, 0.3) is 0 Å². The summed E-state index contributed by atoms with van der Waals surface area (Å²) >= 11 is 0. The van der Waals surface area contributed by atoms with Crippen LogP contribution in [0.25, 0.3) is 0 Å². The Morgan fingerprint density at radius 2 is 1.86 bits per heavy atom. The number of hydrogen-bond donors (Lipinski definition) is 0. The average molecular weight is 96.2 g/mol. The second-order valence-electron chi connectivity index (χ2n) is 1.77. The van der Waals surface area contributed by atoms with Crippen molar-refractivity contribution in [1.82, 2.24) is 0 Å². The van der Waals surface area contributed by atoms with Crippen molar-refractivity contribution in [1.29, 1.82) is 0 Å². The zero-order valence-electron chi connectivity index (χ0n) is 5.23. The van der Waals surface area contributed by atoms with Crippen LogP contribution in [-0.2, 0) is 0 Å². The molecule has 0 saturated carbocycles. The van der Waals surface area contributed by atoms with Gasteiger partial charge >= 0.3 is 0 Å². The molecule has 0 atom stereocenters. The Bertz CT molecular complexity index is 82.2. The molecule has 0 aliphatic carbocycles. The molecule has 0 N–H and O–H groups in total. The highest BCUT2D eigenvalue weighted by atomic mass is 13.7. The van der Waals surface area contributed by atoms with Gasteiger partial charge in [-0.25, -0.2) is 0 Å². The van der Waals surface area contributed by atoms with Crippen LogP contribution in [0.2, 0.25) is 0 Å². The summed E-state index contributed by atoms with van der Waals surface area (Å²) in [5.41, 5.74) is 1.35. The van der Waals surface area contributed by atoms with Crippen LogP contribution in [0.5, 0.6) is 0 Å². The van der Waals surface area contributed by atoms with Crippen LogP contribution in [0, 0.1) is 0 Å². The van der Waals surface area contributed by atoms with Gasteiger partial charge in [0.2, 0.25) is 0 Å². The monoisotopic (exact) mass is 96.1 g/mol. The number of allylic oxidation sites excluding steroid dienone is 4. The highest BCUT2D eigenvalue weighted by Gasteiger charge is 1.65. The molecule has 0 aromatic heterocycles. The second-order valence-corrected chi connectivity index (χ2v) is 1.77. The Kier molecular flexibility index (Phi) is 3.39. The first-order valence-electron chi connectivity index (χ1n) is 2.53. The molecule has 0 bridgehead atoms. The molecule has 0 aromatic carbocycles.